The number of carbonyl (C=O) groups is 2. The highest BCUT2D eigenvalue weighted by Gasteiger charge is 2.41. The van der Waals surface area contributed by atoms with E-state index >= 15 is 0 Å². The number of aliphatic imine (C=N–C) groups is 1. The molecule has 0 bridgehead atoms. The topological polar surface area (TPSA) is 127 Å². The Morgan fingerprint density at radius 1 is 1.05 bits per heavy atom. The Morgan fingerprint density at radius 2 is 1.75 bits per heavy atom. The van der Waals surface area contributed by atoms with Gasteiger partial charge in [0.25, 0.3) is 5.91 Å². The number of hydrogen-bond donors (Lipinski definition) is 3. The summed E-state index contributed by atoms with van der Waals surface area (Å²) in [7, 11) is 0. The molecule has 3 aromatic rings. The molecule has 3 N–H and O–H groups in total. The Hall–Kier alpha value is -3.96. The molecule has 2 aromatic carbocycles. The average Bonchev–Trinajstić information content (AvgIpc) is 3.66. The summed E-state index contributed by atoms with van der Waals surface area (Å²) in [6.07, 6.45) is 2.76. The van der Waals surface area contributed by atoms with Crippen LogP contribution < -0.4 is 5.32 Å². The lowest BCUT2D eigenvalue weighted by Gasteiger charge is -2.22. The highest BCUT2D eigenvalue weighted by atomic mass is 19.1. The fourth-order valence-electron chi connectivity index (χ4n) is 5.76. The number of nitrogens with one attached hydrogen (secondary N) is 1. The number of amides is 2. The molecule has 0 saturated carbocycles. The van der Waals surface area contributed by atoms with Crippen molar-refractivity contribution in [3.63, 3.8) is 0 Å². The monoisotopic (exact) mass is 602 g/mol. The quantitative estimate of drug-likeness (QED) is 0.150. The van der Waals surface area contributed by atoms with Gasteiger partial charge in [0.05, 0.1) is 24.3 Å². The van der Waals surface area contributed by atoms with Gasteiger partial charge in [-0.15, -0.1) is 0 Å². The first kappa shape index (κ1) is 31.5. The van der Waals surface area contributed by atoms with Gasteiger partial charge in [-0.2, -0.15) is 0 Å². The number of halogens is 1. The largest absolute Gasteiger partial charge is 0.625 e. The van der Waals surface area contributed by atoms with Gasteiger partial charge in [-0.25, -0.2) is 9.18 Å². The second kappa shape index (κ2) is 13.4. The molecule has 9 nitrogen and oxygen atoms in total. The number of rotatable bonds is 12. The number of benzene rings is 2. The van der Waals surface area contributed by atoms with Crippen LogP contribution >= 0.6 is 0 Å². The number of aliphatic hydroxyl groups is 2. The number of hydroxylamine groups is 3. The highest BCUT2D eigenvalue weighted by Crippen LogP contribution is 2.38. The molecule has 2 aliphatic rings. The van der Waals surface area contributed by atoms with Crippen LogP contribution in [0, 0.1) is 11.0 Å². The van der Waals surface area contributed by atoms with Crippen molar-refractivity contribution in [1.82, 2.24) is 4.57 Å². The van der Waals surface area contributed by atoms with Crippen LogP contribution in [-0.4, -0.2) is 68.8 Å². The summed E-state index contributed by atoms with van der Waals surface area (Å²) in [6, 6.07) is 15.1. The van der Waals surface area contributed by atoms with Gasteiger partial charge in [0, 0.05) is 35.1 Å². The molecule has 1 saturated heterocycles. The third kappa shape index (κ3) is 7.05. The predicted octanol–water partition coefficient (Wildman–Crippen LogP) is 5.17. The Labute approximate surface area is 256 Å². The number of para-hydroxylation sites is 1. The number of quaternary nitrogens is 1. The second-order valence-electron chi connectivity index (χ2n) is 11.8. The second-order valence-corrected chi connectivity index (χ2v) is 11.8. The maximum absolute atomic E-state index is 14.1. The van der Waals surface area contributed by atoms with Crippen LogP contribution in [0.1, 0.15) is 67.3 Å². The first-order valence-corrected chi connectivity index (χ1v) is 15.2. The third-order valence-electron chi connectivity index (χ3n) is 8.07. The van der Waals surface area contributed by atoms with Crippen LogP contribution in [0.2, 0.25) is 0 Å². The van der Waals surface area contributed by atoms with E-state index in [9.17, 15) is 29.4 Å². The molecular formula is C34H39FN4O5. The van der Waals surface area contributed by atoms with E-state index in [1.54, 1.807) is 12.1 Å². The molecule has 232 valence electrons. The predicted molar refractivity (Wildman–Crippen MR) is 168 cm³/mol. The van der Waals surface area contributed by atoms with Crippen molar-refractivity contribution in [3.05, 3.63) is 94.7 Å². The lowest BCUT2D eigenvalue weighted by atomic mass is 9.93. The van der Waals surface area contributed by atoms with Crippen LogP contribution in [0.25, 0.3) is 11.1 Å². The first-order valence-electron chi connectivity index (χ1n) is 15.2. The van der Waals surface area contributed by atoms with Crippen LogP contribution in [0.15, 0.2) is 71.7 Å². The van der Waals surface area contributed by atoms with E-state index in [0.717, 1.165) is 17.7 Å². The number of dihydropyridines is 1. The number of hydrogen-bond acceptors (Lipinski definition) is 6. The van der Waals surface area contributed by atoms with Crippen molar-refractivity contribution < 1.29 is 28.8 Å². The van der Waals surface area contributed by atoms with Gasteiger partial charge in [0.1, 0.15) is 24.6 Å². The highest BCUT2D eigenvalue weighted by molar-refractivity contribution is 6.21. The lowest BCUT2D eigenvalue weighted by molar-refractivity contribution is -0.660. The van der Waals surface area contributed by atoms with Gasteiger partial charge in [-0.1, -0.05) is 36.4 Å². The SMILES string of the molecule is CC(C)n1c(CC[C@@H](O)C[C@@H](O)CC(=O)[N+]2([O-])CC2)c(-c2ccc(F)cc2)c(C2=NCCC=C2)c1C(=O)Nc1ccccc1. The molecule has 2 atom stereocenters. The van der Waals surface area contributed by atoms with Crippen molar-refractivity contribution in [2.75, 3.05) is 25.0 Å². The van der Waals surface area contributed by atoms with E-state index in [-0.39, 0.29) is 50.1 Å². The van der Waals surface area contributed by atoms with Crippen LogP contribution in [0.4, 0.5) is 10.1 Å². The normalized spacial score (nSPS) is 16.8. The summed E-state index contributed by atoms with van der Waals surface area (Å²) in [5.41, 5.74) is 4.51. The maximum atomic E-state index is 14.1. The number of allylic oxidation sites excluding steroid dienone is 1. The van der Waals surface area contributed by atoms with Crippen LogP contribution in [-0.2, 0) is 11.2 Å². The summed E-state index contributed by atoms with van der Waals surface area (Å²) < 4.78 is 15.1. The Balaban J connectivity index is 1.55. The summed E-state index contributed by atoms with van der Waals surface area (Å²) in [5.74, 6) is -1.28. The Bertz CT molecular complexity index is 1560. The molecule has 1 fully saturated rings. The van der Waals surface area contributed by atoms with E-state index in [1.165, 1.54) is 12.1 Å². The van der Waals surface area contributed by atoms with Crippen LogP contribution in [0.5, 0.6) is 0 Å². The molecule has 44 heavy (non-hydrogen) atoms. The van der Waals surface area contributed by atoms with Crippen molar-refractivity contribution in [3.8, 4) is 11.1 Å². The average molecular weight is 603 g/mol. The molecule has 2 aliphatic heterocycles. The number of anilines is 1. The molecule has 2 amide bonds. The zero-order valence-electron chi connectivity index (χ0n) is 25.1. The minimum absolute atomic E-state index is 0.0658. The van der Waals surface area contributed by atoms with Crippen molar-refractivity contribution in [2.45, 2.75) is 64.2 Å². The standard InChI is InChI=1S/C34H39FN4O5/c1-22(2)38-29(16-15-26(40)20-27(41)21-30(42)39(44)18-19-39)31(23-11-13-24(35)14-12-23)32(28-10-6-7-17-36-28)33(38)34(43)37-25-8-4-3-5-9-25/h3-6,8-14,22,26-27,40-41H,7,15-21H2,1-2H3,(H,37,43)/t26-,27-/m1/s1. The number of aliphatic hydroxyl groups excluding tert-OH is 2. The van der Waals surface area contributed by atoms with Gasteiger partial charge in [-0.05, 0) is 75.4 Å². The summed E-state index contributed by atoms with van der Waals surface area (Å²) in [5, 5.41) is 36.4. The fraction of sp³-hybridized carbons (Fsp3) is 0.382. The van der Waals surface area contributed by atoms with E-state index in [1.807, 2.05) is 60.9 Å². The lowest BCUT2D eigenvalue weighted by Crippen LogP contribution is -2.31. The molecule has 0 aliphatic carbocycles. The van der Waals surface area contributed by atoms with Crippen molar-refractivity contribution >= 4 is 23.2 Å². The number of nitrogens with zero attached hydrogens (tertiary/aromatic N) is 3. The number of carbonyl (C=O) groups excluding carboxylic acids is 2. The minimum atomic E-state index is -1.14. The molecule has 1 aromatic heterocycles. The van der Waals surface area contributed by atoms with E-state index in [2.05, 4.69) is 5.32 Å². The van der Waals surface area contributed by atoms with Gasteiger partial charge in [0.15, 0.2) is 0 Å². The molecule has 0 spiro atoms. The first-order chi connectivity index (χ1) is 21.1. The summed E-state index contributed by atoms with van der Waals surface area (Å²) in [6.45, 7) is 4.97. The number of aromatic nitrogens is 1. The van der Waals surface area contributed by atoms with E-state index in [0.29, 0.717) is 41.2 Å². The molecular weight excluding hydrogens is 563 g/mol. The van der Waals surface area contributed by atoms with E-state index in [4.69, 9.17) is 4.99 Å². The maximum Gasteiger partial charge on any atom is 0.316 e. The molecule has 0 radical (unpaired) electrons. The summed E-state index contributed by atoms with van der Waals surface area (Å²) >= 11 is 0. The molecule has 3 heterocycles. The molecule has 5 rings (SSSR count). The van der Waals surface area contributed by atoms with Gasteiger partial charge >= 0.3 is 5.91 Å². The Kier molecular flexibility index (Phi) is 9.55. The van der Waals surface area contributed by atoms with Crippen LogP contribution in [0.3, 0.4) is 0 Å². The molecule has 0 unspecified atom stereocenters. The zero-order valence-corrected chi connectivity index (χ0v) is 25.1. The smallest absolute Gasteiger partial charge is 0.316 e. The summed E-state index contributed by atoms with van der Waals surface area (Å²) in [4.78, 5) is 31.1. The fourth-order valence-corrected chi connectivity index (χ4v) is 5.76. The zero-order chi connectivity index (χ0) is 31.4. The Morgan fingerprint density at radius 3 is 2.36 bits per heavy atom. The third-order valence-corrected chi connectivity index (χ3v) is 8.07. The molecule has 10 heteroatoms. The minimum Gasteiger partial charge on any atom is -0.625 e. The van der Waals surface area contributed by atoms with Gasteiger partial charge < -0.3 is 25.3 Å². The van der Waals surface area contributed by atoms with Gasteiger partial charge in [-0.3, -0.25) is 14.4 Å². The van der Waals surface area contributed by atoms with Gasteiger partial charge in [0.2, 0.25) is 0 Å². The van der Waals surface area contributed by atoms with Crippen molar-refractivity contribution in [2.24, 2.45) is 4.99 Å². The van der Waals surface area contributed by atoms with E-state index < -0.39 is 22.8 Å². The van der Waals surface area contributed by atoms with Crippen molar-refractivity contribution in [1.29, 1.82) is 0 Å².